The number of nitrogens with zero attached hydrogens (tertiary/aromatic N) is 1. The minimum atomic E-state index is 1.02. The third-order valence-electron chi connectivity index (χ3n) is 4.86. The fourth-order valence-corrected chi connectivity index (χ4v) is 3.62. The number of pyridine rings is 1. The Morgan fingerprint density at radius 2 is 1.57 bits per heavy atom. The molecule has 110 valence electrons. The molecular formula is C20H25N. The van der Waals surface area contributed by atoms with Crippen LogP contribution in [0.2, 0.25) is 0 Å². The molecule has 1 heteroatoms. The zero-order valence-electron chi connectivity index (χ0n) is 13.7. The number of hydrogen-bond donors (Lipinski definition) is 0. The van der Waals surface area contributed by atoms with E-state index in [2.05, 4.69) is 45.9 Å². The zero-order valence-corrected chi connectivity index (χ0v) is 13.7. The van der Waals surface area contributed by atoms with Gasteiger partial charge in [0, 0.05) is 16.3 Å². The highest BCUT2D eigenvalue weighted by atomic mass is 14.7. The van der Waals surface area contributed by atoms with Crippen molar-refractivity contribution >= 4 is 22.0 Å². The second-order valence-electron chi connectivity index (χ2n) is 5.96. The van der Waals surface area contributed by atoms with E-state index in [-0.39, 0.29) is 0 Å². The highest BCUT2D eigenvalue weighted by Crippen LogP contribution is 2.23. The zero-order chi connectivity index (χ0) is 15.0. The lowest BCUT2D eigenvalue weighted by Gasteiger charge is -2.07. The quantitative estimate of drug-likeness (QED) is 0.827. The molecule has 21 heavy (non-hydrogen) atoms. The molecule has 1 aliphatic rings. The SMILES string of the molecule is CCC1=c2c(CC)nc3cc(CC)ccc3c2=C(CC)C1. The molecule has 0 atom stereocenters. The predicted molar refractivity (Wildman–Crippen MR) is 91.8 cm³/mol. The van der Waals surface area contributed by atoms with Crippen LogP contribution in [0.1, 0.15) is 58.2 Å². The Morgan fingerprint density at radius 1 is 0.857 bits per heavy atom. The monoisotopic (exact) mass is 279 g/mol. The number of benzene rings is 1. The maximum atomic E-state index is 5.01. The van der Waals surface area contributed by atoms with Gasteiger partial charge in [0.2, 0.25) is 0 Å². The topological polar surface area (TPSA) is 12.9 Å². The Labute approximate surface area is 127 Å². The van der Waals surface area contributed by atoms with Gasteiger partial charge in [0.15, 0.2) is 0 Å². The van der Waals surface area contributed by atoms with E-state index >= 15 is 0 Å². The van der Waals surface area contributed by atoms with Crippen molar-refractivity contribution in [1.82, 2.24) is 4.98 Å². The van der Waals surface area contributed by atoms with Gasteiger partial charge >= 0.3 is 0 Å². The van der Waals surface area contributed by atoms with E-state index in [0.29, 0.717) is 0 Å². The highest BCUT2D eigenvalue weighted by molar-refractivity contribution is 5.86. The third-order valence-corrected chi connectivity index (χ3v) is 4.86. The molecule has 0 amide bonds. The summed E-state index contributed by atoms with van der Waals surface area (Å²) in [7, 11) is 0. The van der Waals surface area contributed by atoms with E-state index < -0.39 is 0 Å². The van der Waals surface area contributed by atoms with Crippen LogP contribution < -0.4 is 10.4 Å². The largest absolute Gasteiger partial charge is 0.252 e. The van der Waals surface area contributed by atoms with Crippen LogP contribution in [0.4, 0.5) is 0 Å². The average molecular weight is 279 g/mol. The molecule has 0 fully saturated rings. The van der Waals surface area contributed by atoms with E-state index in [1.165, 1.54) is 32.6 Å². The van der Waals surface area contributed by atoms with Crippen LogP contribution in [0, 0.1) is 0 Å². The van der Waals surface area contributed by atoms with Gasteiger partial charge in [-0.3, -0.25) is 4.98 Å². The average Bonchev–Trinajstić information content (AvgIpc) is 2.92. The molecule has 0 radical (unpaired) electrons. The summed E-state index contributed by atoms with van der Waals surface area (Å²) in [6.07, 6.45) is 5.55. The lowest BCUT2D eigenvalue weighted by Crippen LogP contribution is -2.31. The summed E-state index contributed by atoms with van der Waals surface area (Å²) in [6, 6.07) is 6.85. The van der Waals surface area contributed by atoms with Gasteiger partial charge in [-0.15, -0.1) is 0 Å². The molecular weight excluding hydrogens is 254 g/mol. The fraction of sp³-hybridized carbons (Fsp3) is 0.450. The van der Waals surface area contributed by atoms with Crippen molar-refractivity contribution in [3.8, 4) is 0 Å². The van der Waals surface area contributed by atoms with Crippen molar-refractivity contribution in [3.63, 3.8) is 0 Å². The number of fused-ring (bicyclic) bond motifs is 3. The van der Waals surface area contributed by atoms with Crippen LogP contribution in [-0.4, -0.2) is 4.98 Å². The van der Waals surface area contributed by atoms with Crippen molar-refractivity contribution in [2.75, 3.05) is 0 Å². The van der Waals surface area contributed by atoms with Crippen molar-refractivity contribution < 1.29 is 0 Å². The van der Waals surface area contributed by atoms with Crippen LogP contribution >= 0.6 is 0 Å². The lowest BCUT2D eigenvalue weighted by atomic mass is 10.0. The molecule has 0 bridgehead atoms. The van der Waals surface area contributed by atoms with Crippen LogP contribution in [0.25, 0.3) is 22.0 Å². The lowest BCUT2D eigenvalue weighted by molar-refractivity contribution is 1.02. The molecule has 2 aromatic rings. The van der Waals surface area contributed by atoms with Crippen molar-refractivity contribution in [1.29, 1.82) is 0 Å². The van der Waals surface area contributed by atoms with Gasteiger partial charge in [-0.05, 0) is 49.0 Å². The standard InChI is InChI=1S/C20H25N/c1-5-13-9-10-16-18(11-13)21-17(8-4)20-15(7-3)12-14(6-2)19(16)20/h9-11H,5-8,12H2,1-4H3. The van der Waals surface area contributed by atoms with Gasteiger partial charge in [-0.25, -0.2) is 0 Å². The summed E-state index contributed by atoms with van der Waals surface area (Å²) in [6.45, 7) is 9.01. The Hall–Kier alpha value is -1.63. The molecule has 0 aliphatic heterocycles. The molecule has 1 aromatic heterocycles. The van der Waals surface area contributed by atoms with Crippen molar-refractivity contribution in [3.05, 3.63) is 39.9 Å². The van der Waals surface area contributed by atoms with Gasteiger partial charge in [-0.2, -0.15) is 0 Å². The Morgan fingerprint density at radius 3 is 2.19 bits per heavy atom. The van der Waals surface area contributed by atoms with Gasteiger partial charge in [0.05, 0.1) is 5.52 Å². The van der Waals surface area contributed by atoms with Crippen LogP contribution in [0.15, 0.2) is 18.2 Å². The van der Waals surface area contributed by atoms with E-state index in [9.17, 15) is 0 Å². The van der Waals surface area contributed by atoms with Crippen molar-refractivity contribution in [2.45, 2.75) is 59.8 Å². The molecule has 0 saturated heterocycles. The van der Waals surface area contributed by atoms with Crippen molar-refractivity contribution in [2.24, 2.45) is 0 Å². The normalized spacial score (nSPS) is 14.1. The number of hydrogen-bond acceptors (Lipinski definition) is 1. The van der Waals surface area contributed by atoms with Crippen LogP contribution in [-0.2, 0) is 12.8 Å². The maximum Gasteiger partial charge on any atom is 0.0714 e. The third kappa shape index (κ3) is 2.19. The molecule has 1 heterocycles. The van der Waals surface area contributed by atoms with E-state index in [1.807, 2.05) is 0 Å². The van der Waals surface area contributed by atoms with Gasteiger partial charge in [0.1, 0.15) is 0 Å². The molecule has 1 nitrogen and oxygen atoms in total. The van der Waals surface area contributed by atoms with Gasteiger partial charge in [-0.1, -0.05) is 51.0 Å². The Kier molecular flexibility index (Phi) is 3.84. The summed E-state index contributed by atoms with van der Waals surface area (Å²) in [5.41, 5.74) is 7.06. The predicted octanol–water partition coefficient (Wildman–Crippen LogP) is 3.88. The second-order valence-corrected chi connectivity index (χ2v) is 5.96. The molecule has 0 N–H and O–H groups in total. The minimum Gasteiger partial charge on any atom is -0.252 e. The summed E-state index contributed by atoms with van der Waals surface area (Å²) in [4.78, 5) is 5.01. The number of rotatable bonds is 4. The van der Waals surface area contributed by atoms with E-state index in [4.69, 9.17) is 4.98 Å². The Balaban J connectivity index is 2.52. The fourth-order valence-electron chi connectivity index (χ4n) is 3.62. The summed E-state index contributed by atoms with van der Waals surface area (Å²) >= 11 is 0. The Bertz CT molecular complexity index is 812. The minimum absolute atomic E-state index is 1.02. The second kappa shape index (κ2) is 5.63. The number of aromatic nitrogens is 1. The molecule has 1 aromatic carbocycles. The van der Waals surface area contributed by atoms with Gasteiger partial charge in [0.25, 0.3) is 0 Å². The first-order valence-corrected chi connectivity index (χ1v) is 8.38. The van der Waals surface area contributed by atoms with E-state index in [1.54, 1.807) is 11.1 Å². The number of aryl methyl sites for hydroxylation is 2. The maximum absolute atomic E-state index is 5.01. The molecule has 3 rings (SSSR count). The first kappa shape index (κ1) is 14.3. The van der Waals surface area contributed by atoms with E-state index in [0.717, 1.165) is 32.1 Å². The summed E-state index contributed by atoms with van der Waals surface area (Å²) < 4.78 is 0. The highest BCUT2D eigenvalue weighted by Gasteiger charge is 2.17. The van der Waals surface area contributed by atoms with Crippen LogP contribution in [0.5, 0.6) is 0 Å². The molecule has 0 unspecified atom stereocenters. The molecule has 0 saturated carbocycles. The van der Waals surface area contributed by atoms with Crippen LogP contribution in [0.3, 0.4) is 0 Å². The first-order chi connectivity index (χ1) is 10.2. The molecule has 0 spiro atoms. The summed E-state index contributed by atoms with van der Waals surface area (Å²) in [5, 5.41) is 4.35. The smallest absolute Gasteiger partial charge is 0.0714 e. The summed E-state index contributed by atoms with van der Waals surface area (Å²) in [5.74, 6) is 0. The molecule has 1 aliphatic carbocycles. The first-order valence-electron chi connectivity index (χ1n) is 8.38. The van der Waals surface area contributed by atoms with Gasteiger partial charge < -0.3 is 0 Å².